The van der Waals surface area contributed by atoms with Crippen molar-refractivity contribution in [1.82, 2.24) is 30.1 Å². The second kappa shape index (κ2) is 13.1. The number of nitriles is 1. The number of amides is 4. The van der Waals surface area contributed by atoms with E-state index in [9.17, 15) is 24.0 Å². The molecule has 3 heterocycles. The highest BCUT2D eigenvalue weighted by molar-refractivity contribution is 7.22. The van der Waals surface area contributed by atoms with Crippen LogP contribution in [0.25, 0.3) is 10.2 Å². The van der Waals surface area contributed by atoms with Gasteiger partial charge in [-0.1, -0.05) is 64.9 Å². The highest BCUT2D eigenvalue weighted by Crippen LogP contribution is 2.32. The van der Waals surface area contributed by atoms with Gasteiger partial charge in [0, 0.05) is 19.5 Å². The highest BCUT2D eigenvalue weighted by atomic mass is 35.5. The summed E-state index contributed by atoms with van der Waals surface area (Å²) in [6.07, 6.45) is -0.638. The molecule has 1 aromatic heterocycles. The fraction of sp³-hybridized carbons (Fsp3) is 0.258. The number of hydrogen-bond acceptors (Lipinski definition) is 8. The van der Waals surface area contributed by atoms with Crippen molar-refractivity contribution >= 4 is 67.7 Å². The second-order valence-corrected chi connectivity index (χ2v) is 12.8. The number of aromatic nitrogens is 1. The smallest absolute Gasteiger partial charge is 0.333 e. The molecule has 0 unspecified atom stereocenters. The van der Waals surface area contributed by atoms with E-state index >= 15 is 0 Å². The molecular formula is C31H27Cl2FN8O3S. The highest BCUT2D eigenvalue weighted by Gasteiger charge is 2.52. The van der Waals surface area contributed by atoms with E-state index in [1.807, 2.05) is 24.3 Å². The summed E-state index contributed by atoms with van der Waals surface area (Å²) in [5.41, 5.74) is 8.78. The number of halogens is 3. The lowest BCUT2D eigenvalue weighted by atomic mass is 10.00. The van der Waals surface area contributed by atoms with Gasteiger partial charge in [0.25, 0.3) is 0 Å². The first-order chi connectivity index (χ1) is 22.1. The third-order valence-corrected chi connectivity index (χ3v) is 9.57. The van der Waals surface area contributed by atoms with Crippen LogP contribution in [0, 0.1) is 17.1 Å². The van der Waals surface area contributed by atoms with Crippen LogP contribution in [-0.4, -0.2) is 74.5 Å². The molecule has 2 fully saturated rings. The predicted molar refractivity (Wildman–Crippen MR) is 172 cm³/mol. The van der Waals surface area contributed by atoms with Crippen molar-refractivity contribution < 1.29 is 18.8 Å². The summed E-state index contributed by atoms with van der Waals surface area (Å²) < 4.78 is 14.6. The molecule has 0 radical (unpaired) electrons. The van der Waals surface area contributed by atoms with Crippen molar-refractivity contribution in [2.75, 3.05) is 25.4 Å². The van der Waals surface area contributed by atoms with Crippen LogP contribution < -0.4 is 11.1 Å². The number of carbonyl (C=O) groups excluding carboxylic acids is 3. The normalized spacial score (nSPS) is 18.1. The Morgan fingerprint density at radius 3 is 2.63 bits per heavy atom. The number of fused-ring (bicyclic) bond motifs is 2. The van der Waals surface area contributed by atoms with Crippen molar-refractivity contribution in [2.24, 2.45) is 0 Å². The van der Waals surface area contributed by atoms with E-state index in [4.69, 9.17) is 28.9 Å². The number of benzene rings is 3. The van der Waals surface area contributed by atoms with Crippen LogP contribution in [-0.2, 0) is 29.1 Å². The van der Waals surface area contributed by atoms with Gasteiger partial charge in [0.15, 0.2) is 5.13 Å². The van der Waals surface area contributed by atoms with E-state index in [2.05, 4.69) is 10.3 Å². The topological polar surface area (TPSA) is 139 Å². The summed E-state index contributed by atoms with van der Waals surface area (Å²) >= 11 is 13.5. The standard InChI is InChI=1S/C31H27Cl2FN8O3S/c32-22-9-6-19(12-23(22)33)14-37-31(45)40(11-10-35)41-17-27(43)42-24(13-18-4-7-21(34)8-5-18)29(44)39(16-26(41)42)15-20-2-1-3-25-28(20)38-30(36)46-25/h1-9,12,24,26H,11,13-17H2,(H2,36,38)(H,37,45)/t24-,26+/m0/s1. The van der Waals surface area contributed by atoms with E-state index in [0.717, 1.165) is 10.3 Å². The number of piperazine rings is 1. The third kappa shape index (κ3) is 6.29. The largest absolute Gasteiger partial charge is 0.375 e. The zero-order valence-electron chi connectivity index (χ0n) is 24.2. The van der Waals surface area contributed by atoms with Crippen molar-refractivity contribution in [3.05, 3.63) is 93.2 Å². The molecule has 3 aromatic carbocycles. The van der Waals surface area contributed by atoms with Gasteiger partial charge in [-0.2, -0.15) is 10.3 Å². The molecule has 236 valence electrons. The van der Waals surface area contributed by atoms with Crippen molar-refractivity contribution in [3.63, 3.8) is 0 Å². The van der Waals surface area contributed by atoms with Gasteiger partial charge in [0.05, 0.1) is 39.4 Å². The van der Waals surface area contributed by atoms with Crippen LogP contribution in [0.2, 0.25) is 10.0 Å². The molecule has 6 rings (SSSR count). The van der Waals surface area contributed by atoms with E-state index in [-0.39, 0.29) is 51.0 Å². The maximum Gasteiger partial charge on any atom is 0.333 e. The zero-order chi connectivity index (χ0) is 32.5. The Balaban J connectivity index is 1.31. The number of nitrogens with zero attached hydrogens (tertiary/aromatic N) is 6. The van der Waals surface area contributed by atoms with Gasteiger partial charge in [-0.3, -0.25) is 9.59 Å². The van der Waals surface area contributed by atoms with Gasteiger partial charge in [0.2, 0.25) is 11.8 Å². The van der Waals surface area contributed by atoms with Crippen molar-refractivity contribution in [2.45, 2.75) is 31.7 Å². The summed E-state index contributed by atoms with van der Waals surface area (Å²) in [7, 11) is 0. The van der Waals surface area contributed by atoms with Crippen LogP contribution in [0.1, 0.15) is 16.7 Å². The van der Waals surface area contributed by atoms with Gasteiger partial charge in [-0.05, 0) is 47.0 Å². The Morgan fingerprint density at radius 2 is 1.89 bits per heavy atom. The third-order valence-electron chi connectivity index (χ3n) is 7.98. The molecule has 0 saturated carbocycles. The molecule has 0 aliphatic carbocycles. The summed E-state index contributed by atoms with van der Waals surface area (Å²) in [5, 5.41) is 16.3. The average Bonchev–Trinajstić information content (AvgIpc) is 3.58. The molecule has 15 heteroatoms. The maximum absolute atomic E-state index is 14.1. The molecule has 46 heavy (non-hydrogen) atoms. The summed E-state index contributed by atoms with van der Waals surface area (Å²) in [6.45, 7) is -0.257. The minimum atomic E-state index is -0.940. The molecule has 2 saturated heterocycles. The Bertz CT molecular complexity index is 1870. The quantitative estimate of drug-likeness (QED) is 0.263. The van der Waals surface area contributed by atoms with Gasteiger partial charge in [-0.25, -0.2) is 19.2 Å². The first kappa shape index (κ1) is 31.5. The monoisotopic (exact) mass is 680 g/mol. The number of hydrogen-bond donors (Lipinski definition) is 2. The Kier molecular flexibility index (Phi) is 8.97. The number of urea groups is 1. The lowest BCUT2D eigenvalue weighted by Gasteiger charge is -2.46. The molecule has 0 bridgehead atoms. The van der Waals surface area contributed by atoms with Crippen LogP contribution in [0.5, 0.6) is 0 Å². The summed E-state index contributed by atoms with van der Waals surface area (Å²) in [6, 6.07) is 16.8. The maximum atomic E-state index is 14.1. The Morgan fingerprint density at radius 1 is 1.13 bits per heavy atom. The van der Waals surface area contributed by atoms with Gasteiger partial charge >= 0.3 is 6.03 Å². The van der Waals surface area contributed by atoms with Crippen molar-refractivity contribution in [1.29, 1.82) is 5.26 Å². The Hall–Kier alpha value is -4.48. The molecule has 2 aliphatic rings. The lowest BCUT2D eigenvalue weighted by molar-refractivity contribution is -0.157. The molecule has 4 aromatic rings. The molecule has 4 amide bonds. The fourth-order valence-corrected chi connectivity index (χ4v) is 6.96. The Labute approximate surface area is 277 Å². The van der Waals surface area contributed by atoms with E-state index < -0.39 is 24.1 Å². The number of rotatable bonds is 8. The lowest BCUT2D eigenvalue weighted by Crippen LogP contribution is -2.66. The number of hydrazine groups is 1. The van der Waals surface area contributed by atoms with Crippen LogP contribution >= 0.6 is 34.5 Å². The summed E-state index contributed by atoms with van der Waals surface area (Å²) in [4.78, 5) is 48.8. The van der Waals surface area contributed by atoms with Crippen LogP contribution in [0.4, 0.5) is 14.3 Å². The van der Waals surface area contributed by atoms with Crippen molar-refractivity contribution in [3.8, 4) is 6.07 Å². The van der Waals surface area contributed by atoms with Crippen LogP contribution in [0.15, 0.2) is 60.7 Å². The first-order valence-electron chi connectivity index (χ1n) is 14.2. The SMILES string of the molecule is N#CCN(C(=O)NCc1ccc(Cl)c(Cl)c1)N1CC(=O)N2[C@@H](Cc3ccc(F)cc3)C(=O)N(Cc3cccc4sc(N)nc34)C[C@@H]21. The first-order valence-corrected chi connectivity index (χ1v) is 15.8. The molecule has 0 spiro atoms. The predicted octanol–water partition coefficient (Wildman–Crippen LogP) is 4.40. The summed E-state index contributed by atoms with van der Waals surface area (Å²) in [5.74, 6) is -1.09. The van der Waals surface area contributed by atoms with Gasteiger partial charge < -0.3 is 20.9 Å². The van der Waals surface area contributed by atoms with E-state index in [0.29, 0.717) is 31.8 Å². The van der Waals surface area contributed by atoms with Gasteiger partial charge in [-0.15, -0.1) is 0 Å². The van der Waals surface area contributed by atoms with E-state index in [1.165, 1.54) is 38.4 Å². The number of para-hydroxylation sites is 1. The fourth-order valence-electron chi connectivity index (χ4n) is 5.85. The van der Waals surface area contributed by atoms with Gasteiger partial charge in [0.1, 0.15) is 24.6 Å². The minimum absolute atomic E-state index is 0.0580. The average molecular weight is 682 g/mol. The molecular weight excluding hydrogens is 654 g/mol. The number of carbonyl (C=O) groups is 3. The number of nitrogen functional groups attached to an aromatic ring is 1. The molecule has 11 nitrogen and oxygen atoms in total. The minimum Gasteiger partial charge on any atom is -0.375 e. The van der Waals surface area contributed by atoms with Crippen LogP contribution in [0.3, 0.4) is 0 Å². The number of nitrogens with one attached hydrogen (secondary N) is 1. The number of thiazole rings is 1. The molecule has 3 N–H and O–H groups in total. The molecule has 2 atom stereocenters. The number of anilines is 1. The second-order valence-electron chi connectivity index (χ2n) is 10.9. The zero-order valence-corrected chi connectivity index (χ0v) is 26.5. The van der Waals surface area contributed by atoms with E-state index in [1.54, 1.807) is 35.2 Å². The number of nitrogens with two attached hydrogens (primary N) is 1. The molecule has 2 aliphatic heterocycles.